The van der Waals surface area contributed by atoms with Crippen LogP contribution in [0.15, 0.2) is 18.3 Å². The van der Waals surface area contributed by atoms with Crippen molar-refractivity contribution in [3.8, 4) is 0 Å². The molecule has 1 heterocycles. The number of nitrogens with zero attached hydrogens (tertiary/aromatic N) is 2. The van der Waals surface area contributed by atoms with E-state index in [2.05, 4.69) is 16.8 Å². The summed E-state index contributed by atoms with van der Waals surface area (Å²) in [6.45, 7) is 4.96. The molecule has 1 rings (SSSR count). The van der Waals surface area contributed by atoms with E-state index in [9.17, 15) is 4.39 Å². The van der Waals surface area contributed by atoms with Gasteiger partial charge >= 0.3 is 0 Å². The van der Waals surface area contributed by atoms with Gasteiger partial charge in [-0.3, -0.25) is 4.98 Å². The molecule has 0 aliphatic heterocycles. The normalized spacial score (nSPS) is 12.9. The lowest BCUT2D eigenvalue weighted by Gasteiger charge is -2.21. The molecule has 0 saturated carbocycles. The van der Waals surface area contributed by atoms with Gasteiger partial charge in [-0.05, 0) is 38.1 Å². The first-order valence-electron chi connectivity index (χ1n) is 6.37. The molecule has 18 heavy (non-hydrogen) atoms. The van der Waals surface area contributed by atoms with Gasteiger partial charge in [-0.1, -0.05) is 6.92 Å². The van der Waals surface area contributed by atoms with E-state index in [1.54, 1.807) is 6.07 Å². The topological polar surface area (TPSA) is 62.4 Å². The number of halogens is 1. The van der Waals surface area contributed by atoms with Gasteiger partial charge in [-0.2, -0.15) is 0 Å². The minimum absolute atomic E-state index is 0.172. The van der Waals surface area contributed by atoms with Crippen LogP contribution in [0.25, 0.3) is 0 Å². The number of rotatable bonds is 8. The summed E-state index contributed by atoms with van der Waals surface area (Å²) in [5.74, 6) is -0.343. The first kappa shape index (κ1) is 15.0. The number of aliphatic hydroxyl groups excluding tert-OH is 1. The smallest absolute Gasteiger partial charge is 0.141 e. The van der Waals surface area contributed by atoms with Gasteiger partial charge in [0.15, 0.2) is 0 Å². The molecule has 4 nitrogen and oxygen atoms in total. The summed E-state index contributed by atoms with van der Waals surface area (Å²) in [4.78, 5) is 6.22. The van der Waals surface area contributed by atoms with Gasteiger partial charge in [0.1, 0.15) is 5.82 Å². The molecule has 0 spiro atoms. The van der Waals surface area contributed by atoms with Gasteiger partial charge in [0.05, 0.1) is 11.9 Å². The van der Waals surface area contributed by atoms with E-state index >= 15 is 0 Å². The molecule has 0 radical (unpaired) electrons. The summed E-state index contributed by atoms with van der Waals surface area (Å²) in [5.41, 5.74) is 6.73. The average molecular weight is 255 g/mol. The molecule has 0 amide bonds. The Morgan fingerprint density at radius 3 is 2.78 bits per heavy atom. The molecule has 3 N–H and O–H groups in total. The third kappa shape index (κ3) is 5.08. The summed E-state index contributed by atoms with van der Waals surface area (Å²) < 4.78 is 12.7. The van der Waals surface area contributed by atoms with Crippen LogP contribution in [0.4, 0.5) is 4.39 Å². The molecule has 102 valence electrons. The zero-order chi connectivity index (χ0) is 13.4. The summed E-state index contributed by atoms with van der Waals surface area (Å²) >= 11 is 0. The van der Waals surface area contributed by atoms with E-state index < -0.39 is 0 Å². The summed E-state index contributed by atoms with van der Waals surface area (Å²) in [6, 6.07) is 2.84. The molecule has 1 unspecified atom stereocenters. The molecule has 0 aliphatic rings. The number of pyridine rings is 1. The fourth-order valence-corrected chi connectivity index (χ4v) is 1.80. The monoisotopic (exact) mass is 255 g/mol. The van der Waals surface area contributed by atoms with Crippen LogP contribution >= 0.6 is 0 Å². The van der Waals surface area contributed by atoms with E-state index in [1.165, 1.54) is 12.3 Å². The Morgan fingerprint density at radius 2 is 2.22 bits per heavy atom. The summed E-state index contributed by atoms with van der Waals surface area (Å²) in [6.07, 6.45) is 2.74. The number of aliphatic hydroxyl groups is 1. The van der Waals surface area contributed by atoms with Crippen LogP contribution in [0, 0.1) is 5.82 Å². The van der Waals surface area contributed by atoms with Crippen molar-refractivity contribution < 1.29 is 9.50 Å². The van der Waals surface area contributed by atoms with Crippen LogP contribution in [0.5, 0.6) is 0 Å². The predicted octanol–water partition coefficient (Wildman–Crippen LogP) is 1.31. The SMILES string of the molecule is CCN(CCCO)CCC(N)c1ccc(F)cn1. The minimum Gasteiger partial charge on any atom is -0.396 e. The molecule has 0 aliphatic carbocycles. The standard InChI is InChI=1S/C13H22FN3O/c1-2-17(7-3-9-18)8-6-12(15)13-5-4-11(14)10-16-13/h4-5,10,12,18H,2-3,6-9,15H2,1H3. The van der Waals surface area contributed by atoms with E-state index in [0.29, 0.717) is 0 Å². The highest BCUT2D eigenvalue weighted by Gasteiger charge is 2.10. The molecule has 1 aromatic heterocycles. The predicted molar refractivity (Wildman–Crippen MR) is 69.6 cm³/mol. The maximum Gasteiger partial charge on any atom is 0.141 e. The zero-order valence-corrected chi connectivity index (χ0v) is 10.8. The molecule has 0 bridgehead atoms. The van der Waals surface area contributed by atoms with Crippen molar-refractivity contribution in [3.05, 3.63) is 29.8 Å². The van der Waals surface area contributed by atoms with Crippen molar-refractivity contribution in [2.75, 3.05) is 26.2 Å². The van der Waals surface area contributed by atoms with Crippen molar-refractivity contribution >= 4 is 0 Å². The Balaban J connectivity index is 2.39. The molecule has 1 atom stereocenters. The highest BCUT2D eigenvalue weighted by molar-refractivity contribution is 5.09. The van der Waals surface area contributed by atoms with Crippen LogP contribution in [-0.2, 0) is 0 Å². The highest BCUT2D eigenvalue weighted by atomic mass is 19.1. The summed E-state index contributed by atoms with van der Waals surface area (Å²) in [5, 5.41) is 8.80. The third-order valence-corrected chi connectivity index (χ3v) is 2.97. The van der Waals surface area contributed by atoms with Gasteiger partial charge in [0, 0.05) is 19.2 Å². The molecule has 0 aromatic carbocycles. The molecule has 0 fully saturated rings. The number of nitrogens with two attached hydrogens (primary N) is 1. The van der Waals surface area contributed by atoms with Crippen molar-refractivity contribution in [2.24, 2.45) is 5.73 Å². The largest absolute Gasteiger partial charge is 0.396 e. The second-order valence-corrected chi connectivity index (χ2v) is 4.31. The van der Waals surface area contributed by atoms with Crippen LogP contribution in [-0.4, -0.2) is 41.2 Å². The second kappa shape index (κ2) is 8.13. The Morgan fingerprint density at radius 1 is 1.44 bits per heavy atom. The number of hydrogen-bond acceptors (Lipinski definition) is 4. The summed E-state index contributed by atoms with van der Waals surface area (Å²) in [7, 11) is 0. The maximum atomic E-state index is 12.7. The Hall–Kier alpha value is -1.04. The van der Waals surface area contributed by atoms with Crippen LogP contribution in [0.1, 0.15) is 31.5 Å². The minimum atomic E-state index is -0.343. The van der Waals surface area contributed by atoms with Gasteiger partial charge in [0.25, 0.3) is 0 Å². The molecule has 5 heteroatoms. The Labute approximate surface area is 108 Å². The zero-order valence-electron chi connectivity index (χ0n) is 10.8. The van der Waals surface area contributed by atoms with Gasteiger partial charge in [-0.15, -0.1) is 0 Å². The average Bonchev–Trinajstić information content (AvgIpc) is 2.39. The fourth-order valence-electron chi connectivity index (χ4n) is 1.80. The van der Waals surface area contributed by atoms with Gasteiger partial charge in [-0.25, -0.2) is 4.39 Å². The van der Waals surface area contributed by atoms with Crippen molar-refractivity contribution in [1.82, 2.24) is 9.88 Å². The van der Waals surface area contributed by atoms with Crippen LogP contribution in [0.2, 0.25) is 0 Å². The lowest BCUT2D eigenvalue weighted by Crippen LogP contribution is -2.29. The molecular weight excluding hydrogens is 233 g/mol. The molecular formula is C13H22FN3O. The van der Waals surface area contributed by atoms with Crippen molar-refractivity contribution in [3.63, 3.8) is 0 Å². The van der Waals surface area contributed by atoms with Crippen LogP contribution < -0.4 is 5.73 Å². The first-order valence-corrected chi connectivity index (χ1v) is 6.37. The first-order chi connectivity index (χ1) is 8.67. The quantitative estimate of drug-likeness (QED) is 0.735. The second-order valence-electron chi connectivity index (χ2n) is 4.31. The van der Waals surface area contributed by atoms with Crippen molar-refractivity contribution in [1.29, 1.82) is 0 Å². The fraction of sp³-hybridized carbons (Fsp3) is 0.615. The Bertz CT molecular complexity index is 332. The van der Waals surface area contributed by atoms with E-state index in [-0.39, 0.29) is 18.5 Å². The van der Waals surface area contributed by atoms with Crippen LogP contribution in [0.3, 0.4) is 0 Å². The van der Waals surface area contributed by atoms with E-state index in [0.717, 1.165) is 38.2 Å². The van der Waals surface area contributed by atoms with Crippen molar-refractivity contribution in [2.45, 2.75) is 25.8 Å². The lowest BCUT2D eigenvalue weighted by molar-refractivity contribution is 0.225. The number of aromatic nitrogens is 1. The molecule has 1 aromatic rings. The van der Waals surface area contributed by atoms with Gasteiger partial charge < -0.3 is 15.7 Å². The highest BCUT2D eigenvalue weighted by Crippen LogP contribution is 2.12. The maximum absolute atomic E-state index is 12.7. The Kier molecular flexibility index (Phi) is 6.78. The van der Waals surface area contributed by atoms with E-state index in [1.807, 2.05) is 0 Å². The lowest BCUT2D eigenvalue weighted by atomic mass is 10.1. The number of hydrogen-bond donors (Lipinski definition) is 2. The third-order valence-electron chi connectivity index (χ3n) is 2.97. The molecule has 0 saturated heterocycles. The van der Waals surface area contributed by atoms with Gasteiger partial charge in [0.2, 0.25) is 0 Å². The van der Waals surface area contributed by atoms with E-state index in [4.69, 9.17) is 10.8 Å².